The zero-order valence-electron chi connectivity index (χ0n) is 14.9. The molecule has 3 N–H and O–H groups in total. The van der Waals surface area contributed by atoms with Crippen LogP contribution in [0.15, 0.2) is 79.5 Å². The van der Waals surface area contributed by atoms with Crippen LogP contribution < -0.4 is 11.1 Å². The molecule has 0 unspecified atom stereocenters. The minimum Gasteiger partial charge on any atom is -0.326 e. The fourth-order valence-corrected chi connectivity index (χ4v) is 2.56. The Balaban J connectivity index is 1.62. The van der Waals surface area contributed by atoms with Crippen molar-refractivity contribution in [2.75, 3.05) is 5.32 Å². The quantitative estimate of drug-likeness (QED) is 0.640. The van der Waals surface area contributed by atoms with E-state index in [-0.39, 0.29) is 5.91 Å². The molecule has 0 fully saturated rings. The molecule has 0 atom stereocenters. The maximum absolute atomic E-state index is 12.0. The summed E-state index contributed by atoms with van der Waals surface area (Å²) in [7, 11) is 0. The fraction of sp³-hybridized carbons (Fsp3) is 0.0435. The van der Waals surface area contributed by atoms with E-state index in [2.05, 4.69) is 16.9 Å². The Labute approximate surface area is 159 Å². The maximum atomic E-state index is 12.0. The first-order chi connectivity index (χ1) is 13.2. The van der Waals surface area contributed by atoms with Crippen molar-refractivity contribution in [2.24, 2.45) is 5.73 Å². The van der Waals surface area contributed by atoms with Gasteiger partial charge in [0.25, 0.3) is 0 Å². The van der Waals surface area contributed by atoms with E-state index in [1.165, 1.54) is 6.08 Å². The summed E-state index contributed by atoms with van der Waals surface area (Å²) in [5.41, 5.74) is 11.2. The summed E-state index contributed by atoms with van der Waals surface area (Å²) in [6.07, 6.45) is 6.77. The standard InChI is InChI=1S/C23H21N3O/c1-2-17-3-7-19(8-4-17)20-9-12-21(25-16-20)13-14-23(27)26-22-10-5-18(15-24)6-11-22/h2-14,16H,1,15,24H2,(H,26,27)/b14-13+. The molecule has 0 bridgehead atoms. The molecule has 0 spiro atoms. The van der Waals surface area contributed by atoms with Crippen LogP contribution in [-0.2, 0) is 11.3 Å². The first kappa shape index (κ1) is 18.3. The van der Waals surface area contributed by atoms with Crippen molar-refractivity contribution in [2.45, 2.75) is 6.54 Å². The molecule has 3 rings (SSSR count). The minimum atomic E-state index is -0.207. The summed E-state index contributed by atoms with van der Waals surface area (Å²) in [4.78, 5) is 16.4. The smallest absolute Gasteiger partial charge is 0.248 e. The van der Waals surface area contributed by atoms with Gasteiger partial charge in [0.2, 0.25) is 5.91 Å². The van der Waals surface area contributed by atoms with Crippen molar-refractivity contribution in [3.63, 3.8) is 0 Å². The number of anilines is 1. The molecule has 0 aliphatic carbocycles. The Hall–Kier alpha value is -3.50. The Morgan fingerprint density at radius 3 is 2.30 bits per heavy atom. The van der Waals surface area contributed by atoms with E-state index >= 15 is 0 Å². The highest BCUT2D eigenvalue weighted by Crippen LogP contribution is 2.19. The molecular formula is C23H21N3O. The number of amides is 1. The van der Waals surface area contributed by atoms with Gasteiger partial charge in [0, 0.05) is 30.1 Å². The number of benzene rings is 2. The third-order valence-corrected chi connectivity index (χ3v) is 4.13. The van der Waals surface area contributed by atoms with Gasteiger partial charge in [-0.1, -0.05) is 55.1 Å². The van der Waals surface area contributed by atoms with Crippen molar-refractivity contribution in [3.8, 4) is 11.1 Å². The molecule has 0 radical (unpaired) electrons. The largest absolute Gasteiger partial charge is 0.326 e. The summed E-state index contributed by atoms with van der Waals surface area (Å²) in [6.45, 7) is 4.24. The van der Waals surface area contributed by atoms with E-state index in [1.807, 2.05) is 66.7 Å². The molecule has 0 aliphatic rings. The molecule has 27 heavy (non-hydrogen) atoms. The lowest BCUT2D eigenvalue weighted by molar-refractivity contribution is -0.111. The Bertz CT molecular complexity index is 940. The highest BCUT2D eigenvalue weighted by atomic mass is 16.1. The van der Waals surface area contributed by atoms with E-state index in [4.69, 9.17) is 5.73 Å². The summed E-state index contributed by atoms with van der Waals surface area (Å²) in [6, 6.07) is 19.4. The lowest BCUT2D eigenvalue weighted by atomic mass is 10.1. The number of pyridine rings is 1. The molecule has 0 saturated heterocycles. The molecule has 2 aromatic carbocycles. The maximum Gasteiger partial charge on any atom is 0.248 e. The molecule has 0 saturated carbocycles. The molecule has 4 nitrogen and oxygen atoms in total. The van der Waals surface area contributed by atoms with Crippen LogP contribution in [0.2, 0.25) is 0 Å². The normalized spacial score (nSPS) is 10.7. The van der Waals surface area contributed by atoms with Crippen molar-refractivity contribution in [1.82, 2.24) is 4.98 Å². The van der Waals surface area contributed by atoms with Gasteiger partial charge in [-0.15, -0.1) is 0 Å². The number of hydrogen-bond acceptors (Lipinski definition) is 3. The Kier molecular flexibility index (Phi) is 5.92. The van der Waals surface area contributed by atoms with Crippen LogP contribution in [0.3, 0.4) is 0 Å². The van der Waals surface area contributed by atoms with Crippen molar-refractivity contribution < 1.29 is 4.79 Å². The van der Waals surface area contributed by atoms with Gasteiger partial charge < -0.3 is 11.1 Å². The van der Waals surface area contributed by atoms with E-state index in [0.717, 1.165) is 33.6 Å². The van der Waals surface area contributed by atoms with Crippen LogP contribution in [0.5, 0.6) is 0 Å². The molecule has 1 heterocycles. The topological polar surface area (TPSA) is 68.0 Å². The number of hydrogen-bond donors (Lipinski definition) is 2. The highest BCUT2D eigenvalue weighted by Gasteiger charge is 2.00. The van der Waals surface area contributed by atoms with Crippen LogP contribution in [0.25, 0.3) is 23.3 Å². The first-order valence-corrected chi connectivity index (χ1v) is 8.65. The summed E-state index contributed by atoms with van der Waals surface area (Å²) in [5.74, 6) is -0.207. The van der Waals surface area contributed by atoms with Crippen LogP contribution in [0, 0.1) is 0 Å². The van der Waals surface area contributed by atoms with E-state index in [1.54, 1.807) is 12.3 Å². The number of nitrogens with two attached hydrogens (primary N) is 1. The zero-order valence-corrected chi connectivity index (χ0v) is 14.9. The van der Waals surface area contributed by atoms with Gasteiger partial charge in [-0.3, -0.25) is 9.78 Å². The molecular weight excluding hydrogens is 334 g/mol. The van der Waals surface area contributed by atoms with E-state index < -0.39 is 0 Å². The SMILES string of the molecule is C=Cc1ccc(-c2ccc(/C=C/C(=O)Nc3ccc(CN)cc3)nc2)cc1. The second kappa shape index (κ2) is 8.74. The van der Waals surface area contributed by atoms with Crippen molar-refractivity contribution >= 4 is 23.7 Å². The summed E-state index contributed by atoms with van der Waals surface area (Å²) in [5, 5.41) is 2.81. The predicted octanol–water partition coefficient (Wildman–Crippen LogP) is 4.50. The Morgan fingerprint density at radius 1 is 1.00 bits per heavy atom. The summed E-state index contributed by atoms with van der Waals surface area (Å²) < 4.78 is 0. The molecule has 134 valence electrons. The van der Waals surface area contributed by atoms with Gasteiger partial charge in [0.1, 0.15) is 0 Å². The van der Waals surface area contributed by atoms with Gasteiger partial charge in [-0.05, 0) is 41.0 Å². The third-order valence-electron chi connectivity index (χ3n) is 4.13. The molecule has 3 aromatic rings. The van der Waals surface area contributed by atoms with Crippen molar-refractivity contribution in [3.05, 3.63) is 96.3 Å². The van der Waals surface area contributed by atoms with Crippen molar-refractivity contribution in [1.29, 1.82) is 0 Å². The van der Waals surface area contributed by atoms with Crippen LogP contribution in [0.4, 0.5) is 5.69 Å². The molecule has 1 aromatic heterocycles. The first-order valence-electron chi connectivity index (χ1n) is 8.65. The number of rotatable bonds is 6. The van der Waals surface area contributed by atoms with E-state index in [9.17, 15) is 4.79 Å². The number of carbonyl (C=O) groups is 1. The van der Waals surface area contributed by atoms with Gasteiger partial charge in [-0.25, -0.2) is 0 Å². The average molecular weight is 355 g/mol. The number of nitrogens with one attached hydrogen (secondary N) is 1. The zero-order chi connectivity index (χ0) is 19.1. The fourth-order valence-electron chi connectivity index (χ4n) is 2.56. The average Bonchev–Trinajstić information content (AvgIpc) is 2.73. The monoisotopic (exact) mass is 355 g/mol. The highest BCUT2D eigenvalue weighted by molar-refractivity contribution is 6.01. The lowest BCUT2D eigenvalue weighted by Gasteiger charge is -2.04. The Morgan fingerprint density at radius 2 is 1.70 bits per heavy atom. The number of nitrogens with zero attached hydrogens (tertiary/aromatic N) is 1. The van der Waals surface area contributed by atoms with Gasteiger partial charge in [-0.2, -0.15) is 0 Å². The van der Waals surface area contributed by atoms with Gasteiger partial charge >= 0.3 is 0 Å². The van der Waals surface area contributed by atoms with Gasteiger partial charge in [0.15, 0.2) is 0 Å². The van der Waals surface area contributed by atoms with Gasteiger partial charge in [0.05, 0.1) is 5.69 Å². The van der Waals surface area contributed by atoms with Crippen LogP contribution >= 0.6 is 0 Å². The second-order valence-corrected chi connectivity index (χ2v) is 6.02. The number of carbonyl (C=O) groups excluding carboxylic acids is 1. The van der Waals surface area contributed by atoms with E-state index in [0.29, 0.717) is 6.54 Å². The minimum absolute atomic E-state index is 0.207. The number of aromatic nitrogens is 1. The third kappa shape index (κ3) is 5.00. The predicted molar refractivity (Wildman–Crippen MR) is 112 cm³/mol. The molecule has 1 amide bonds. The lowest BCUT2D eigenvalue weighted by Crippen LogP contribution is -2.08. The molecule has 0 aliphatic heterocycles. The summed E-state index contributed by atoms with van der Waals surface area (Å²) >= 11 is 0. The van der Waals surface area contributed by atoms with Crippen LogP contribution in [-0.4, -0.2) is 10.9 Å². The molecule has 4 heteroatoms. The van der Waals surface area contributed by atoms with Crippen LogP contribution in [0.1, 0.15) is 16.8 Å². The second-order valence-electron chi connectivity index (χ2n) is 6.02.